The molecule has 1 amide bonds. The van der Waals surface area contributed by atoms with Gasteiger partial charge in [-0.15, -0.1) is 0 Å². The van der Waals surface area contributed by atoms with Crippen LogP contribution in [0, 0.1) is 23.2 Å². The second-order valence-corrected chi connectivity index (χ2v) is 11.9. The number of ether oxygens (including phenoxy) is 3. The molecule has 1 aromatic carbocycles. The van der Waals surface area contributed by atoms with E-state index >= 15 is 0 Å². The van der Waals surface area contributed by atoms with Crippen molar-refractivity contribution in [1.82, 2.24) is 9.80 Å². The SMILES string of the molecule is COC1COCCC1C[C@@H]1C[C@H]2CN(C3COC3)C[C@@]2(C(=O)N2CCc3ccc(C(F)(F)F)cc3C2)C1. The minimum absolute atomic E-state index is 0.103. The van der Waals surface area contributed by atoms with Crippen LogP contribution < -0.4 is 0 Å². The average molecular weight is 523 g/mol. The molecule has 9 heteroatoms. The number of methoxy groups -OCH3 is 1. The van der Waals surface area contributed by atoms with Gasteiger partial charge in [0.1, 0.15) is 0 Å². The van der Waals surface area contributed by atoms with E-state index in [-0.39, 0.29) is 24.5 Å². The Hall–Kier alpha value is -1.68. The Bertz CT molecular complexity index is 1020. The van der Waals surface area contributed by atoms with Crippen molar-refractivity contribution >= 4 is 5.91 Å². The van der Waals surface area contributed by atoms with E-state index in [0.29, 0.717) is 43.0 Å². The van der Waals surface area contributed by atoms with Crippen LogP contribution in [0.5, 0.6) is 0 Å². The Kier molecular flexibility index (Phi) is 6.79. The molecule has 3 saturated heterocycles. The summed E-state index contributed by atoms with van der Waals surface area (Å²) >= 11 is 0. The Morgan fingerprint density at radius 1 is 1.19 bits per heavy atom. The first kappa shape index (κ1) is 25.6. The van der Waals surface area contributed by atoms with E-state index in [1.54, 1.807) is 13.2 Å². The van der Waals surface area contributed by atoms with Gasteiger partial charge in [0.15, 0.2) is 0 Å². The number of rotatable bonds is 5. The van der Waals surface area contributed by atoms with Crippen LogP contribution >= 0.6 is 0 Å². The van der Waals surface area contributed by atoms with Gasteiger partial charge in [-0.25, -0.2) is 0 Å². The molecule has 1 saturated carbocycles. The first-order chi connectivity index (χ1) is 17.8. The molecule has 0 bridgehead atoms. The van der Waals surface area contributed by atoms with E-state index in [9.17, 15) is 18.0 Å². The van der Waals surface area contributed by atoms with Crippen molar-refractivity contribution in [3.8, 4) is 0 Å². The van der Waals surface area contributed by atoms with Crippen molar-refractivity contribution in [3.63, 3.8) is 0 Å². The summed E-state index contributed by atoms with van der Waals surface area (Å²) in [5.74, 6) is 1.30. The summed E-state index contributed by atoms with van der Waals surface area (Å²) in [5, 5.41) is 0. The van der Waals surface area contributed by atoms with Crippen LogP contribution in [0.3, 0.4) is 0 Å². The summed E-state index contributed by atoms with van der Waals surface area (Å²) < 4.78 is 56.9. The minimum atomic E-state index is -4.38. The maximum absolute atomic E-state index is 14.3. The number of carbonyl (C=O) groups excluding carboxylic acids is 1. The number of hydrogen-bond acceptors (Lipinski definition) is 5. The van der Waals surface area contributed by atoms with Crippen LogP contribution in [0.1, 0.15) is 42.4 Å². The highest BCUT2D eigenvalue weighted by Gasteiger charge is 2.60. The van der Waals surface area contributed by atoms with E-state index in [1.165, 1.54) is 6.07 Å². The molecule has 1 aromatic rings. The number of hydrogen-bond donors (Lipinski definition) is 0. The lowest BCUT2D eigenvalue weighted by Gasteiger charge is -2.39. The molecule has 0 aromatic heterocycles. The molecule has 4 heterocycles. The normalized spacial score (nSPS) is 34.8. The number of fused-ring (bicyclic) bond motifs is 2. The van der Waals surface area contributed by atoms with Gasteiger partial charge in [0.2, 0.25) is 5.91 Å². The van der Waals surface area contributed by atoms with Gasteiger partial charge in [-0.1, -0.05) is 6.07 Å². The molecule has 1 aliphatic carbocycles. The van der Waals surface area contributed by atoms with Crippen molar-refractivity contribution in [3.05, 3.63) is 34.9 Å². The highest BCUT2D eigenvalue weighted by Crippen LogP contribution is 2.55. The number of benzene rings is 1. The third-order valence-corrected chi connectivity index (χ3v) is 9.77. The summed E-state index contributed by atoms with van der Waals surface area (Å²) in [7, 11) is 1.75. The largest absolute Gasteiger partial charge is 0.416 e. The fourth-order valence-electron chi connectivity index (χ4n) is 7.70. The Balaban J connectivity index is 1.22. The molecule has 0 N–H and O–H groups in total. The maximum atomic E-state index is 14.3. The first-order valence-electron chi connectivity index (χ1n) is 13.7. The quantitative estimate of drug-likeness (QED) is 0.590. The molecule has 37 heavy (non-hydrogen) atoms. The summed E-state index contributed by atoms with van der Waals surface area (Å²) in [6, 6.07) is 4.36. The predicted octanol–water partition coefficient (Wildman–Crippen LogP) is 3.76. The van der Waals surface area contributed by atoms with Gasteiger partial charge in [-0.3, -0.25) is 9.69 Å². The molecular formula is C28H37F3N2O4. The second-order valence-electron chi connectivity index (χ2n) is 11.9. The highest BCUT2D eigenvalue weighted by atomic mass is 19.4. The molecule has 6 rings (SSSR count). The second kappa shape index (κ2) is 9.81. The molecule has 0 spiro atoms. The van der Waals surface area contributed by atoms with Crippen LogP contribution in [0.15, 0.2) is 18.2 Å². The molecular weight excluding hydrogens is 485 g/mol. The summed E-state index contributed by atoms with van der Waals surface area (Å²) in [6.45, 7) is 5.28. The number of amides is 1. The van der Waals surface area contributed by atoms with Crippen molar-refractivity contribution in [2.45, 2.75) is 57.0 Å². The lowest BCUT2D eigenvalue weighted by atomic mass is 9.77. The van der Waals surface area contributed by atoms with E-state index in [1.807, 2.05) is 4.90 Å². The van der Waals surface area contributed by atoms with Gasteiger partial charge < -0.3 is 19.1 Å². The first-order valence-corrected chi connectivity index (χ1v) is 13.7. The smallest absolute Gasteiger partial charge is 0.379 e. The van der Waals surface area contributed by atoms with Gasteiger partial charge in [-0.2, -0.15) is 13.2 Å². The van der Waals surface area contributed by atoms with Gasteiger partial charge in [-0.05, 0) is 73.1 Å². The number of likely N-dealkylation sites (tertiary alicyclic amines) is 1. The van der Waals surface area contributed by atoms with Crippen LogP contribution in [-0.4, -0.2) is 81.0 Å². The number of alkyl halides is 3. The zero-order chi connectivity index (χ0) is 25.8. The van der Waals surface area contributed by atoms with Gasteiger partial charge >= 0.3 is 6.18 Å². The molecule has 0 radical (unpaired) electrons. The van der Waals surface area contributed by atoms with Crippen LogP contribution in [0.2, 0.25) is 0 Å². The van der Waals surface area contributed by atoms with Crippen molar-refractivity contribution in [2.75, 3.05) is 53.2 Å². The van der Waals surface area contributed by atoms with Crippen molar-refractivity contribution in [1.29, 1.82) is 0 Å². The lowest BCUT2D eigenvalue weighted by Crippen LogP contribution is -2.51. The van der Waals surface area contributed by atoms with Crippen LogP contribution in [-0.2, 0) is 38.1 Å². The number of carbonyl (C=O) groups is 1. The van der Waals surface area contributed by atoms with E-state index in [2.05, 4.69) is 4.90 Å². The highest BCUT2D eigenvalue weighted by molar-refractivity contribution is 5.84. The monoisotopic (exact) mass is 522 g/mol. The molecule has 2 unspecified atom stereocenters. The third kappa shape index (κ3) is 4.70. The van der Waals surface area contributed by atoms with E-state index in [0.717, 1.165) is 70.2 Å². The molecule has 4 fully saturated rings. The summed E-state index contributed by atoms with van der Waals surface area (Å²) in [5.41, 5.74) is 0.441. The molecule has 204 valence electrons. The minimum Gasteiger partial charge on any atom is -0.379 e. The third-order valence-electron chi connectivity index (χ3n) is 9.77. The number of halogens is 3. The standard InChI is InChI=1S/C28H37F3N2O4/c1-35-25-16-36-7-5-20(25)8-18-9-23-13-33(24-14-37-15-24)17-27(23,11-18)26(34)32-6-4-19-2-3-22(28(29,30)31)10-21(19)12-32/h2-3,10,18,20,23-25H,4-9,11-17H2,1H3/t18-,20?,23+,25?,27+/m1/s1. The molecule has 6 nitrogen and oxygen atoms in total. The zero-order valence-corrected chi connectivity index (χ0v) is 21.5. The fourth-order valence-corrected chi connectivity index (χ4v) is 7.70. The Morgan fingerprint density at radius 2 is 2.03 bits per heavy atom. The topological polar surface area (TPSA) is 51.2 Å². The van der Waals surface area contributed by atoms with E-state index < -0.39 is 17.2 Å². The van der Waals surface area contributed by atoms with Crippen LogP contribution in [0.25, 0.3) is 0 Å². The van der Waals surface area contributed by atoms with Gasteiger partial charge in [0.25, 0.3) is 0 Å². The summed E-state index contributed by atoms with van der Waals surface area (Å²) in [6.07, 6.45) is 0.207. The average Bonchev–Trinajstić information content (AvgIpc) is 3.36. The Labute approximate surface area is 216 Å². The summed E-state index contributed by atoms with van der Waals surface area (Å²) in [4.78, 5) is 18.6. The maximum Gasteiger partial charge on any atom is 0.416 e. The molecule has 5 aliphatic rings. The molecule has 5 atom stereocenters. The van der Waals surface area contributed by atoms with Gasteiger partial charge in [0.05, 0.1) is 42.9 Å². The van der Waals surface area contributed by atoms with Crippen molar-refractivity contribution < 1.29 is 32.2 Å². The van der Waals surface area contributed by atoms with Crippen molar-refractivity contribution in [2.24, 2.45) is 23.2 Å². The fraction of sp³-hybridized carbons (Fsp3) is 0.750. The van der Waals surface area contributed by atoms with Gasteiger partial charge in [0, 0.05) is 39.9 Å². The lowest BCUT2D eigenvalue weighted by molar-refractivity contribution is -0.144. The zero-order valence-electron chi connectivity index (χ0n) is 21.5. The Morgan fingerprint density at radius 3 is 2.76 bits per heavy atom. The van der Waals surface area contributed by atoms with Crippen LogP contribution in [0.4, 0.5) is 13.2 Å². The molecule has 4 aliphatic heterocycles. The predicted molar refractivity (Wildman–Crippen MR) is 130 cm³/mol. The number of nitrogens with zero attached hydrogens (tertiary/aromatic N) is 2. The van der Waals surface area contributed by atoms with E-state index in [4.69, 9.17) is 14.2 Å².